The van der Waals surface area contributed by atoms with E-state index in [1.807, 2.05) is 0 Å². The molecule has 2 aromatic rings. The second kappa shape index (κ2) is 7.53. The van der Waals surface area contributed by atoms with E-state index in [9.17, 15) is 14.3 Å². The van der Waals surface area contributed by atoms with Crippen LogP contribution in [0.5, 0.6) is 0 Å². The summed E-state index contributed by atoms with van der Waals surface area (Å²) in [5.41, 5.74) is 1.05. The van der Waals surface area contributed by atoms with Gasteiger partial charge in [-0.15, -0.1) is 5.10 Å². The highest BCUT2D eigenvalue weighted by Gasteiger charge is 2.28. The summed E-state index contributed by atoms with van der Waals surface area (Å²) in [7, 11) is 0. The van der Waals surface area contributed by atoms with Crippen LogP contribution in [0.1, 0.15) is 41.7 Å². The molecule has 0 bridgehead atoms. The third-order valence-electron chi connectivity index (χ3n) is 4.34. The molecule has 1 fully saturated rings. The van der Waals surface area contributed by atoms with Crippen molar-refractivity contribution in [3.05, 3.63) is 47.5 Å². The van der Waals surface area contributed by atoms with Gasteiger partial charge in [-0.2, -0.15) is 0 Å². The molecule has 1 saturated heterocycles. The molecule has 24 heavy (non-hydrogen) atoms. The lowest BCUT2D eigenvalue weighted by molar-refractivity contribution is 0.0568. The van der Waals surface area contributed by atoms with Crippen LogP contribution in [-0.2, 0) is 6.54 Å². The third kappa shape index (κ3) is 3.79. The predicted octanol–water partition coefficient (Wildman–Crippen LogP) is 1.84. The fourth-order valence-corrected chi connectivity index (χ4v) is 3.16. The Balaban J connectivity index is 1.71. The summed E-state index contributed by atoms with van der Waals surface area (Å²) in [4.78, 5) is 14.5. The number of piperidine rings is 1. The van der Waals surface area contributed by atoms with E-state index in [2.05, 4.69) is 10.3 Å². The number of aromatic nitrogens is 3. The van der Waals surface area contributed by atoms with Crippen LogP contribution in [0, 0.1) is 5.82 Å². The van der Waals surface area contributed by atoms with Gasteiger partial charge in [-0.25, -0.2) is 9.07 Å². The van der Waals surface area contributed by atoms with Crippen molar-refractivity contribution in [3.8, 4) is 0 Å². The second-order valence-corrected chi connectivity index (χ2v) is 6.09. The van der Waals surface area contributed by atoms with Crippen LogP contribution in [0.2, 0.25) is 0 Å². The number of aliphatic hydroxyl groups excluding tert-OH is 1. The smallest absolute Gasteiger partial charge is 0.276 e. The first-order valence-electron chi connectivity index (χ1n) is 8.24. The fourth-order valence-electron chi connectivity index (χ4n) is 3.16. The van der Waals surface area contributed by atoms with E-state index >= 15 is 0 Å². The molecule has 1 aliphatic rings. The quantitative estimate of drug-likeness (QED) is 0.907. The van der Waals surface area contributed by atoms with Gasteiger partial charge >= 0.3 is 0 Å². The van der Waals surface area contributed by atoms with Gasteiger partial charge in [-0.05, 0) is 43.4 Å². The first kappa shape index (κ1) is 16.6. The molecule has 1 atom stereocenters. The third-order valence-corrected chi connectivity index (χ3v) is 4.34. The highest BCUT2D eigenvalue weighted by Crippen LogP contribution is 2.21. The number of carbonyl (C=O) groups excluding carboxylic acids is 1. The molecule has 1 N–H and O–H groups in total. The van der Waals surface area contributed by atoms with Crippen molar-refractivity contribution >= 4 is 5.91 Å². The average Bonchev–Trinajstić information content (AvgIpc) is 3.03. The zero-order valence-corrected chi connectivity index (χ0v) is 13.4. The maximum Gasteiger partial charge on any atom is 0.276 e. The first-order valence-corrected chi connectivity index (χ1v) is 8.24. The van der Waals surface area contributed by atoms with Gasteiger partial charge in [-0.3, -0.25) is 4.79 Å². The van der Waals surface area contributed by atoms with Crippen molar-refractivity contribution in [2.24, 2.45) is 0 Å². The predicted molar refractivity (Wildman–Crippen MR) is 85.9 cm³/mol. The number of likely N-dealkylation sites (tertiary alicyclic amines) is 1. The topological polar surface area (TPSA) is 71.2 Å². The minimum Gasteiger partial charge on any atom is -0.396 e. The summed E-state index contributed by atoms with van der Waals surface area (Å²) in [6.45, 7) is 1.11. The molecule has 0 saturated carbocycles. The Morgan fingerprint density at radius 1 is 1.38 bits per heavy atom. The molecular formula is C17H21FN4O2. The summed E-state index contributed by atoms with van der Waals surface area (Å²) in [5.74, 6) is -0.456. The zero-order chi connectivity index (χ0) is 16.9. The van der Waals surface area contributed by atoms with Crippen LogP contribution >= 0.6 is 0 Å². The highest BCUT2D eigenvalue weighted by atomic mass is 19.1. The minimum absolute atomic E-state index is 0.0598. The molecule has 1 aromatic carbocycles. The average molecular weight is 332 g/mol. The van der Waals surface area contributed by atoms with Crippen molar-refractivity contribution in [3.63, 3.8) is 0 Å². The molecule has 1 amide bonds. The monoisotopic (exact) mass is 332 g/mol. The van der Waals surface area contributed by atoms with Crippen LogP contribution in [0.4, 0.5) is 4.39 Å². The summed E-state index contributed by atoms with van der Waals surface area (Å²) >= 11 is 0. The second-order valence-electron chi connectivity index (χ2n) is 6.09. The summed E-state index contributed by atoms with van der Waals surface area (Å²) in [6, 6.07) is 6.32. The van der Waals surface area contributed by atoms with E-state index in [0.29, 0.717) is 19.5 Å². The van der Waals surface area contributed by atoms with Crippen molar-refractivity contribution < 1.29 is 14.3 Å². The summed E-state index contributed by atoms with van der Waals surface area (Å²) in [5, 5.41) is 17.1. The van der Waals surface area contributed by atoms with Crippen LogP contribution in [0.25, 0.3) is 0 Å². The van der Waals surface area contributed by atoms with Gasteiger partial charge in [0.15, 0.2) is 5.69 Å². The lowest BCUT2D eigenvalue weighted by Crippen LogP contribution is -2.44. The van der Waals surface area contributed by atoms with E-state index in [4.69, 9.17) is 0 Å². The van der Waals surface area contributed by atoms with Gasteiger partial charge in [-0.1, -0.05) is 17.3 Å². The molecule has 3 rings (SSSR count). The summed E-state index contributed by atoms with van der Waals surface area (Å²) < 4.78 is 14.8. The van der Waals surface area contributed by atoms with Crippen LogP contribution < -0.4 is 0 Å². The molecule has 0 radical (unpaired) electrons. The van der Waals surface area contributed by atoms with Crippen LogP contribution in [-0.4, -0.2) is 50.1 Å². The molecule has 128 valence electrons. The van der Waals surface area contributed by atoms with E-state index in [-0.39, 0.29) is 30.1 Å². The van der Waals surface area contributed by atoms with Crippen LogP contribution in [0.3, 0.4) is 0 Å². The van der Waals surface area contributed by atoms with Gasteiger partial charge in [0.2, 0.25) is 0 Å². The maximum absolute atomic E-state index is 13.2. The molecule has 0 aliphatic carbocycles. The molecule has 6 nitrogen and oxygen atoms in total. The Kier molecular flexibility index (Phi) is 5.20. The summed E-state index contributed by atoms with van der Waals surface area (Å²) in [6.07, 6.45) is 5.12. The Hall–Kier alpha value is -2.28. The van der Waals surface area contributed by atoms with E-state index in [0.717, 1.165) is 24.8 Å². The van der Waals surface area contributed by atoms with Crippen molar-refractivity contribution in [2.75, 3.05) is 13.2 Å². The Morgan fingerprint density at radius 3 is 3.04 bits per heavy atom. The number of hydrogen-bond acceptors (Lipinski definition) is 4. The Bertz CT molecular complexity index is 701. The van der Waals surface area contributed by atoms with E-state index in [1.165, 1.54) is 16.8 Å². The van der Waals surface area contributed by atoms with Gasteiger partial charge in [0.1, 0.15) is 5.82 Å². The SMILES string of the molecule is O=C(c1cn(Cc2cccc(F)c2)nn1)N1CCCCC1CCO. The van der Waals surface area contributed by atoms with Crippen molar-refractivity contribution in [1.82, 2.24) is 19.9 Å². The van der Waals surface area contributed by atoms with Gasteiger partial charge in [0, 0.05) is 19.2 Å². The van der Waals surface area contributed by atoms with Crippen LogP contribution in [0.15, 0.2) is 30.5 Å². The largest absolute Gasteiger partial charge is 0.396 e. The number of benzene rings is 1. The number of halogens is 1. The standard InChI is InChI=1S/C17H21FN4O2/c18-14-5-3-4-13(10-14)11-21-12-16(19-20-21)17(24)22-8-2-1-6-15(22)7-9-23/h3-5,10,12,15,23H,1-2,6-9,11H2. The minimum atomic E-state index is -0.302. The molecular weight excluding hydrogens is 311 g/mol. The lowest BCUT2D eigenvalue weighted by atomic mass is 9.99. The molecule has 7 heteroatoms. The van der Waals surface area contributed by atoms with Crippen molar-refractivity contribution in [1.29, 1.82) is 0 Å². The molecule has 2 heterocycles. The van der Waals surface area contributed by atoms with Gasteiger partial charge < -0.3 is 10.0 Å². The number of amides is 1. The van der Waals surface area contributed by atoms with E-state index < -0.39 is 0 Å². The zero-order valence-electron chi connectivity index (χ0n) is 13.4. The van der Waals surface area contributed by atoms with E-state index in [1.54, 1.807) is 23.2 Å². The van der Waals surface area contributed by atoms with Crippen molar-refractivity contribution in [2.45, 2.75) is 38.3 Å². The maximum atomic E-state index is 13.2. The lowest BCUT2D eigenvalue weighted by Gasteiger charge is -2.35. The molecule has 1 unspecified atom stereocenters. The Labute approximate surface area is 139 Å². The normalized spacial score (nSPS) is 17.9. The number of hydrogen-bond donors (Lipinski definition) is 1. The highest BCUT2D eigenvalue weighted by molar-refractivity contribution is 5.92. The Morgan fingerprint density at radius 2 is 2.25 bits per heavy atom. The number of carbonyl (C=O) groups is 1. The molecule has 1 aromatic heterocycles. The van der Waals surface area contributed by atoms with Gasteiger partial charge in [0.05, 0.1) is 12.7 Å². The number of aliphatic hydroxyl groups is 1. The number of rotatable bonds is 5. The molecule has 0 spiro atoms. The molecule has 1 aliphatic heterocycles. The fraction of sp³-hybridized carbons (Fsp3) is 0.471. The first-order chi connectivity index (χ1) is 11.7. The number of nitrogens with zero attached hydrogens (tertiary/aromatic N) is 4. The van der Waals surface area contributed by atoms with Gasteiger partial charge in [0.25, 0.3) is 5.91 Å².